The number of carbonyl (C=O) groups excluding carboxylic acids is 2. The van der Waals surface area contributed by atoms with Gasteiger partial charge in [-0.3, -0.25) is 9.59 Å². The zero-order valence-electron chi connectivity index (χ0n) is 10.7. The monoisotopic (exact) mass is 283 g/mol. The molecule has 1 aromatic rings. The fraction of sp³-hybridized carbons (Fsp3) is 0.231. The first-order chi connectivity index (χ1) is 9.25. The van der Waals surface area contributed by atoms with Crippen LogP contribution in [0.3, 0.4) is 0 Å². The molecular weight excluding hydrogens is 272 g/mol. The van der Waals surface area contributed by atoms with Crippen molar-refractivity contribution in [3.05, 3.63) is 47.0 Å². The van der Waals surface area contributed by atoms with Crippen LogP contribution in [0, 0.1) is 11.6 Å². The third kappa shape index (κ3) is 2.11. The van der Waals surface area contributed by atoms with Gasteiger partial charge in [-0.05, 0) is 25.1 Å². The third-order valence-corrected chi connectivity index (χ3v) is 2.87. The van der Waals surface area contributed by atoms with E-state index >= 15 is 0 Å². The number of hydrogen-bond donors (Lipinski definition) is 1. The molecule has 106 valence electrons. The number of rotatable bonds is 2. The third-order valence-electron chi connectivity index (χ3n) is 2.87. The number of benzene rings is 1. The Balaban J connectivity index is 2.46. The van der Waals surface area contributed by atoms with Gasteiger partial charge in [0.25, 0.3) is 5.78 Å². The second-order valence-corrected chi connectivity index (χ2v) is 4.38. The van der Waals surface area contributed by atoms with Gasteiger partial charge in [0.05, 0.1) is 0 Å². The Morgan fingerprint density at radius 3 is 2.65 bits per heavy atom. The van der Waals surface area contributed by atoms with Crippen LogP contribution in [0.25, 0.3) is 0 Å². The van der Waals surface area contributed by atoms with Gasteiger partial charge in [0, 0.05) is 12.5 Å². The summed E-state index contributed by atoms with van der Waals surface area (Å²) in [5, 5.41) is 0. The molecule has 1 aliphatic heterocycles. The molecule has 5 nitrogen and oxygen atoms in total. The molecule has 1 aliphatic rings. The van der Waals surface area contributed by atoms with Crippen molar-refractivity contribution in [1.29, 1.82) is 0 Å². The molecule has 0 bridgehead atoms. The van der Waals surface area contributed by atoms with E-state index in [1.165, 1.54) is 6.92 Å². The van der Waals surface area contributed by atoms with E-state index in [1.54, 1.807) is 0 Å². The van der Waals surface area contributed by atoms with Gasteiger partial charge in [0.1, 0.15) is 11.6 Å². The average molecular weight is 283 g/mol. The van der Waals surface area contributed by atoms with E-state index in [-0.39, 0.29) is 5.56 Å². The van der Waals surface area contributed by atoms with E-state index in [0.29, 0.717) is 0 Å². The van der Waals surface area contributed by atoms with Crippen LogP contribution in [-0.2, 0) is 24.7 Å². The normalized spacial score (nSPS) is 21.9. The van der Waals surface area contributed by atoms with E-state index in [9.17, 15) is 18.4 Å². The lowest BCUT2D eigenvalue weighted by Crippen LogP contribution is -2.33. The number of nitrogens with two attached hydrogens (primary N) is 1. The molecule has 0 amide bonds. The highest BCUT2D eigenvalue weighted by molar-refractivity contribution is 6.04. The molecule has 0 saturated carbocycles. The van der Waals surface area contributed by atoms with Crippen LogP contribution >= 0.6 is 0 Å². The van der Waals surface area contributed by atoms with Crippen LogP contribution in [0.4, 0.5) is 8.78 Å². The smallest absolute Gasteiger partial charge is 0.308 e. The molecule has 0 fully saturated rings. The van der Waals surface area contributed by atoms with Crippen LogP contribution in [-0.4, -0.2) is 11.8 Å². The van der Waals surface area contributed by atoms with E-state index in [1.807, 2.05) is 0 Å². The number of esters is 1. The Labute approximate surface area is 113 Å². The Hall–Kier alpha value is -2.44. The summed E-state index contributed by atoms with van der Waals surface area (Å²) in [6, 6.07) is 2.61. The van der Waals surface area contributed by atoms with Gasteiger partial charge in [-0.25, -0.2) is 8.78 Å². The Morgan fingerprint density at radius 2 is 2.05 bits per heavy atom. The number of ether oxygens (including phenoxy) is 2. The molecule has 2 rings (SSSR count). The number of carbonyl (C=O) groups is 2. The lowest BCUT2D eigenvalue weighted by atomic mass is 9.91. The molecule has 0 aromatic heterocycles. The lowest BCUT2D eigenvalue weighted by molar-refractivity contribution is -0.142. The number of ketones is 1. The zero-order chi connectivity index (χ0) is 15.1. The van der Waals surface area contributed by atoms with Crippen LogP contribution in [0.1, 0.15) is 19.4 Å². The first-order valence-corrected chi connectivity index (χ1v) is 5.63. The molecule has 2 N–H and O–H groups in total. The second-order valence-electron chi connectivity index (χ2n) is 4.38. The molecule has 1 unspecified atom stereocenters. The summed E-state index contributed by atoms with van der Waals surface area (Å²) in [6.45, 7) is 2.29. The highest BCUT2D eigenvalue weighted by Gasteiger charge is 2.50. The summed E-state index contributed by atoms with van der Waals surface area (Å²) in [5.74, 6) is -4.16. The molecule has 0 spiro atoms. The van der Waals surface area contributed by atoms with Gasteiger partial charge < -0.3 is 15.2 Å². The van der Waals surface area contributed by atoms with Gasteiger partial charge >= 0.3 is 5.97 Å². The summed E-state index contributed by atoms with van der Waals surface area (Å²) >= 11 is 0. The van der Waals surface area contributed by atoms with Crippen molar-refractivity contribution >= 4 is 11.8 Å². The number of Topliss-reactive ketones (excluding diaryl/α,β-unsaturated/α-hetero) is 1. The minimum absolute atomic E-state index is 0.326. The highest BCUT2D eigenvalue weighted by Crippen LogP contribution is 2.38. The maximum atomic E-state index is 13.8. The van der Waals surface area contributed by atoms with Crippen molar-refractivity contribution in [1.82, 2.24) is 0 Å². The number of hydrogen-bond acceptors (Lipinski definition) is 5. The van der Waals surface area contributed by atoms with Crippen LogP contribution in [0.15, 0.2) is 29.8 Å². The maximum Gasteiger partial charge on any atom is 0.308 e. The van der Waals surface area contributed by atoms with Gasteiger partial charge in [0.2, 0.25) is 17.2 Å². The molecule has 0 aliphatic carbocycles. The minimum atomic E-state index is -1.87. The van der Waals surface area contributed by atoms with Crippen LogP contribution in [0.2, 0.25) is 0 Å². The van der Waals surface area contributed by atoms with E-state index < -0.39 is 40.6 Å². The van der Waals surface area contributed by atoms with Crippen molar-refractivity contribution < 1.29 is 27.8 Å². The van der Waals surface area contributed by atoms with E-state index in [4.69, 9.17) is 10.5 Å². The molecule has 1 aromatic carbocycles. The fourth-order valence-corrected chi connectivity index (χ4v) is 1.92. The Morgan fingerprint density at radius 1 is 1.40 bits per heavy atom. The largest absolute Gasteiger partial charge is 0.457 e. The number of halogens is 2. The average Bonchev–Trinajstić information content (AvgIpc) is 2.56. The lowest BCUT2D eigenvalue weighted by Gasteiger charge is -2.23. The Bertz CT molecular complexity index is 641. The second kappa shape index (κ2) is 4.59. The summed E-state index contributed by atoms with van der Waals surface area (Å²) < 4.78 is 36.8. The maximum absolute atomic E-state index is 13.8. The molecular formula is C13H11F2NO4. The summed E-state index contributed by atoms with van der Waals surface area (Å²) in [4.78, 5) is 23.1. The quantitative estimate of drug-likeness (QED) is 0.831. The fourth-order valence-electron chi connectivity index (χ4n) is 1.92. The van der Waals surface area contributed by atoms with Crippen molar-refractivity contribution in [2.24, 2.45) is 5.73 Å². The zero-order valence-corrected chi connectivity index (χ0v) is 10.7. The molecule has 1 atom stereocenters. The molecule has 0 radical (unpaired) electrons. The molecule has 7 heteroatoms. The van der Waals surface area contributed by atoms with Gasteiger partial charge in [0.15, 0.2) is 0 Å². The standard InChI is InChI=1S/C13H11F2NO4/c1-6(17)19-10-11(18)13(2,20-12(10)16)8-5-7(14)3-4-9(8)15/h3-5H,16H2,1-2H3. The van der Waals surface area contributed by atoms with E-state index in [2.05, 4.69) is 4.74 Å². The van der Waals surface area contributed by atoms with Crippen LogP contribution in [0.5, 0.6) is 0 Å². The first kappa shape index (κ1) is 14.0. The van der Waals surface area contributed by atoms with Gasteiger partial charge in [-0.15, -0.1) is 0 Å². The predicted molar refractivity (Wildman–Crippen MR) is 62.8 cm³/mol. The minimum Gasteiger partial charge on any atom is -0.457 e. The first-order valence-electron chi connectivity index (χ1n) is 5.63. The molecule has 0 saturated heterocycles. The molecule has 1 heterocycles. The van der Waals surface area contributed by atoms with Crippen molar-refractivity contribution in [2.75, 3.05) is 0 Å². The van der Waals surface area contributed by atoms with Crippen molar-refractivity contribution in [3.8, 4) is 0 Å². The van der Waals surface area contributed by atoms with Crippen molar-refractivity contribution in [3.63, 3.8) is 0 Å². The van der Waals surface area contributed by atoms with Crippen molar-refractivity contribution in [2.45, 2.75) is 19.4 Å². The van der Waals surface area contributed by atoms with Gasteiger partial charge in [-0.1, -0.05) is 0 Å². The summed E-state index contributed by atoms with van der Waals surface area (Å²) in [5.41, 5.74) is 3.26. The highest BCUT2D eigenvalue weighted by atomic mass is 19.1. The summed E-state index contributed by atoms with van der Waals surface area (Å²) in [7, 11) is 0. The summed E-state index contributed by atoms with van der Waals surface area (Å²) in [6.07, 6.45) is 0. The SMILES string of the molecule is CC(=O)OC1=C(N)OC(C)(c2cc(F)ccc2F)C1=O. The predicted octanol–water partition coefficient (Wildman–Crippen LogP) is 1.47. The van der Waals surface area contributed by atoms with Crippen LogP contribution < -0.4 is 5.73 Å². The molecule has 20 heavy (non-hydrogen) atoms. The van der Waals surface area contributed by atoms with Gasteiger partial charge in [-0.2, -0.15) is 0 Å². The topological polar surface area (TPSA) is 78.6 Å². The van der Waals surface area contributed by atoms with E-state index in [0.717, 1.165) is 25.1 Å². The Kier molecular flexibility index (Phi) is 3.21.